The highest BCUT2D eigenvalue weighted by Crippen LogP contribution is 2.22. The Balaban J connectivity index is 2.36. The fraction of sp³-hybridized carbons (Fsp3) is 0.286. The van der Waals surface area contributed by atoms with Crippen LogP contribution in [0.5, 0.6) is 0 Å². The van der Waals surface area contributed by atoms with Gasteiger partial charge in [-0.25, -0.2) is 4.98 Å². The minimum absolute atomic E-state index is 0.646. The molecule has 2 nitrogen and oxygen atoms in total. The van der Waals surface area contributed by atoms with Crippen molar-refractivity contribution in [2.45, 2.75) is 25.2 Å². The van der Waals surface area contributed by atoms with E-state index in [0.29, 0.717) is 4.64 Å². The summed E-state index contributed by atoms with van der Waals surface area (Å²) in [5.41, 5.74) is 2.20. The van der Waals surface area contributed by atoms with Crippen LogP contribution in [0, 0.1) is 4.64 Å². The minimum Gasteiger partial charge on any atom is -0.343 e. The van der Waals surface area contributed by atoms with Gasteiger partial charge < -0.3 is 4.98 Å². The van der Waals surface area contributed by atoms with Crippen molar-refractivity contribution in [2.24, 2.45) is 0 Å². The van der Waals surface area contributed by atoms with Crippen molar-refractivity contribution in [1.29, 1.82) is 0 Å². The first-order valence-corrected chi connectivity index (χ1v) is 7.45. The van der Waals surface area contributed by atoms with E-state index in [1.807, 2.05) is 17.8 Å². The number of aromatic amines is 1. The van der Waals surface area contributed by atoms with Crippen LogP contribution in [0.4, 0.5) is 0 Å². The summed E-state index contributed by atoms with van der Waals surface area (Å²) >= 11 is 7.02. The van der Waals surface area contributed by atoms with Crippen molar-refractivity contribution in [2.75, 3.05) is 5.75 Å². The van der Waals surface area contributed by atoms with Crippen LogP contribution >= 0.6 is 24.0 Å². The third-order valence-corrected chi connectivity index (χ3v) is 3.72. The molecule has 18 heavy (non-hydrogen) atoms. The van der Waals surface area contributed by atoms with Gasteiger partial charge in [0.15, 0.2) is 0 Å². The van der Waals surface area contributed by atoms with Crippen molar-refractivity contribution in [1.82, 2.24) is 9.97 Å². The minimum atomic E-state index is 0.646. The molecule has 0 spiro atoms. The van der Waals surface area contributed by atoms with E-state index in [9.17, 15) is 0 Å². The fourth-order valence-corrected chi connectivity index (χ4v) is 2.61. The maximum atomic E-state index is 5.19. The Hall–Kier alpha value is -1.13. The molecule has 0 amide bonds. The van der Waals surface area contributed by atoms with Crippen molar-refractivity contribution >= 4 is 24.0 Å². The van der Waals surface area contributed by atoms with Gasteiger partial charge in [-0.1, -0.05) is 38.2 Å². The molecule has 0 saturated heterocycles. The Labute approximate surface area is 117 Å². The van der Waals surface area contributed by atoms with Gasteiger partial charge in [0.25, 0.3) is 0 Å². The number of hydrogen-bond donors (Lipinski definition) is 1. The molecule has 1 aromatic carbocycles. The van der Waals surface area contributed by atoms with Crippen molar-refractivity contribution < 1.29 is 0 Å². The van der Waals surface area contributed by atoms with Crippen LogP contribution in [-0.2, 0) is 6.42 Å². The summed E-state index contributed by atoms with van der Waals surface area (Å²) in [7, 11) is 0. The summed E-state index contributed by atoms with van der Waals surface area (Å²) in [5, 5.41) is 0. The van der Waals surface area contributed by atoms with Gasteiger partial charge in [-0.15, -0.1) is 11.8 Å². The highest BCUT2D eigenvalue weighted by Gasteiger charge is 2.02. The molecule has 0 radical (unpaired) electrons. The number of aromatic nitrogens is 2. The number of nitrogens with one attached hydrogen (secondary N) is 1. The van der Waals surface area contributed by atoms with E-state index in [1.165, 1.54) is 4.90 Å². The Morgan fingerprint density at radius 3 is 2.56 bits per heavy atom. The van der Waals surface area contributed by atoms with Crippen LogP contribution in [0.1, 0.15) is 19.5 Å². The highest BCUT2D eigenvalue weighted by molar-refractivity contribution is 7.99. The second-order valence-corrected chi connectivity index (χ2v) is 5.66. The zero-order chi connectivity index (χ0) is 13.0. The smallest absolute Gasteiger partial charge is 0.139 e. The molecule has 2 rings (SSSR count). The van der Waals surface area contributed by atoms with Crippen molar-refractivity contribution in [3.63, 3.8) is 0 Å². The lowest BCUT2D eigenvalue weighted by molar-refractivity contribution is 0.999. The number of H-pyrrole nitrogens is 1. The van der Waals surface area contributed by atoms with Crippen LogP contribution in [0.3, 0.4) is 0 Å². The first-order valence-electron chi connectivity index (χ1n) is 6.06. The largest absolute Gasteiger partial charge is 0.343 e. The van der Waals surface area contributed by atoms with E-state index in [1.54, 1.807) is 0 Å². The average Bonchev–Trinajstić information content (AvgIpc) is 2.39. The van der Waals surface area contributed by atoms with E-state index in [0.717, 1.165) is 29.3 Å². The number of aryl methyl sites for hydroxylation is 1. The summed E-state index contributed by atoms with van der Waals surface area (Å²) in [6, 6.07) is 10.3. The lowest BCUT2D eigenvalue weighted by atomic mass is 10.2. The molecule has 1 heterocycles. The summed E-state index contributed by atoms with van der Waals surface area (Å²) < 4.78 is 0.646. The molecule has 0 fully saturated rings. The van der Waals surface area contributed by atoms with E-state index < -0.39 is 0 Å². The van der Waals surface area contributed by atoms with Gasteiger partial charge in [0.05, 0.1) is 0 Å². The Morgan fingerprint density at radius 2 is 1.94 bits per heavy atom. The van der Waals surface area contributed by atoms with Crippen molar-refractivity contribution in [3.05, 3.63) is 40.7 Å². The number of benzene rings is 1. The van der Waals surface area contributed by atoms with E-state index in [-0.39, 0.29) is 0 Å². The molecule has 4 heteroatoms. The molecule has 0 atom stereocenters. The summed E-state index contributed by atoms with van der Waals surface area (Å²) in [6.07, 6.45) is 0.933. The van der Waals surface area contributed by atoms with E-state index in [2.05, 4.69) is 48.1 Å². The molecular weight excluding hydrogens is 260 g/mol. The summed E-state index contributed by atoms with van der Waals surface area (Å²) in [5.74, 6) is 1.94. The zero-order valence-corrected chi connectivity index (χ0v) is 12.2. The predicted molar refractivity (Wildman–Crippen MR) is 80.6 cm³/mol. The first-order chi connectivity index (χ1) is 8.72. The molecule has 1 N–H and O–H groups in total. The maximum absolute atomic E-state index is 5.19. The lowest BCUT2D eigenvalue weighted by Crippen LogP contribution is -1.94. The average molecular weight is 276 g/mol. The van der Waals surface area contributed by atoms with Gasteiger partial charge in [0, 0.05) is 16.2 Å². The molecule has 2 aromatic rings. The lowest BCUT2D eigenvalue weighted by Gasteiger charge is -2.05. The van der Waals surface area contributed by atoms with Gasteiger partial charge in [0.1, 0.15) is 10.5 Å². The monoisotopic (exact) mass is 276 g/mol. The topological polar surface area (TPSA) is 28.7 Å². The molecule has 0 aliphatic carbocycles. The number of rotatable bonds is 4. The van der Waals surface area contributed by atoms with Gasteiger partial charge in [0.2, 0.25) is 0 Å². The van der Waals surface area contributed by atoms with E-state index >= 15 is 0 Å². The van der Waals surface area contributed by atoms with Crippen LogP contribution in [0.25, 0.3) is 11.4 Å². The molecule has 1 aromatic heterocycles. The van der Waals surface area contributed by atoms with Crippen molar-refractivity contribution in [3.8, 4) is 11.4 Å². The SMILES string of the molecule is CCSc1ccc(-c2nc(=S)cc(CC)[nH]2)cc1. The second-order valence-electron chi connectivity index (χ2n) is 3.90. The Bertz CT molecular complexity index is 573. The zero-order valence-electron chi connectivity index (χ0n) is 10.6. The predicted octanol–water partition coefficient (Wildman–Crippen LogP) is 4.48. The van der Waals surface area contributed by atoms with Gasteiger partial charge in [-0.3, -0.25) is 0 Å². The standard InChI is InChI=1S/C14H16N2S2/c1-3-11-9-13(17)16-14(15-11)10-5-7-12(8-6-10)18-4-2/h5-9H,3-4H2,1-2H3,(H,15,16,17). The van der Waals surface area contributed by atoms with Crippen LogP contribution in [-0.4, -0.2) is 15.7 Å². The summed E-state index contributed by atoms with van der Waals surface area (Å²) in [4.78, 5) is 8.98. The second kappa shape index (κ2) is 6.16. The maximum Gasteiger partial charge on any atom is 0.139 e. The van der Waals surface area contributed by atoms with Gasteiger partial charge in [-0.05, 0) is 30.4 Å². The highest BCUT2D eigenvalue weighted by atomic mass is 32.2. The van der Waals surface area contributed by atoms with Crippen LogP contribution < -0.4 is 0 Å². The molecule has 94 valence electrons. The molecule has 0 aliphatic rings. The molecule has 0 unspecified atom stereocenters. The quantitative estimate of drug-likeness (QED) is 0.659. The molecule has 0 bridgehead atoms. The number of hydrogen-bond acceptors (Lipinski definition) is 3. The normalized spacial score (nSPS) is 10.6. The molecule has 0 aliphatic heterocycles. The molecular formula is C14H16N2S2. The fourth-order valence-electron chi connectivity index (χ4n) is 1.71. The number of thioether (sulfide) groups is 1. The van der Waals surface area contributed by atoms with Gasteiger partial charge >= 0.3 is 0 Å². The molecule has 0 saturated carbocycles. The van der Waals surface area contributed by atoms with Crippen LogP contribution in [0.15, 0.2) is 35.2 Å². The van der Waals surface area contributed by atoms with Crippen LogP contribution in [0.2, 0.25) is 0 Å². The Morgan fingerprint density at radius 1 is 1.22 bits per heavy atom. The first kappa shape index (κ1) is 13.3. The van der Waals surface area contributed by atoms with E-state index in [4.69, 9.17) is 12.2 Å². The Kier molecular flexibility index (Phi) is 4.55. The third-order valence-electron chi connectivity index (χ3n) is 2.62. The number of nitrogens with zero attached hydrogens (tertiary/aromatic N) is 1. The van der Waals surface area contributed by atoms with Gasteiger partial charge in [-0.2, -0.15) is 0 Å². The summed E-state index contributed by atoms with van der Waals surface area (Å²) in [6.45, 7) is 4.26. The third kappa shape index (κ3) is 3.21.